The normalized spacial score (nSPS) is 29.3. The van der Waals surface area contributed by atoms with Gasteiger partial charge in [-0.3, -0.25) is 4.79 Å². The fraction of sp³-hybridized carbons (Fsp3) is 0.800. The first kappa shape index (κ1) is 13.0. The van der Waals surface area contributed by atoms with Gasteiger partial charge in [-0.05, 0) is 19.8 Å². The molecule has 1 fully saturated rings. The minimum absolute atomic E-state index is 0.0341. The van der Waals surface area contributed by atoms with Crippen LogP contribution >= 0.6 is 0 Å². The summed E-state index contributed by atoms with van der Waals surface area (Å²) in [6, 6.07) is 1.90. The highest BCUT2D eigenvalue weighted by molar-refractivity contribution is 7.91. The summed E-state index contributed by atoms with van der Waals surface area (Å²) in [4.78, 5) is 11.6. The summed E-state index contributed by atoms with van der Waals surface area (Å²) in [5.74, 6) is -0.995. The molecule has 90 valence electrons. The van der Waals surface area contributed by atoms with E-state index in [-0.39, 0.29) is 17.4 Å². The topological polar surface area (TPSA) is 87.0 Å². The number of hydrogen-bond acceptors (Lipinski definition) is 4. The van der Waals surface area contributed by atoms with Gasteiger partial charge in [-0.25, -0.2) is 8.42 Å². The van der Waals surface area contributed by atoms with Crippen LogP contribution in [-0.2, 0) is 14.6 Å². The molecule has 1 saturated heterocycles. The van der Waals surface area contributed by atoms with Crippen molar-refractivity contribution in [3.05, 3.63) is 0 Å². The summed E-state index contributed by atoms with van der Waals surface area (Å²) >= 11 is 0. The molecule has 1 rings (SSSR count). The predicted molar refractivity (Wildman–Crippen MR) is 59.2 cm³/mol. The molecule has 0 aromatic heterocycles. The number of hydrogen-bond donors (Lipinski definition) is 1. The summed E-state index contributed by atoms with van der Waals surface area (Å²) in [6.07, 6.45) is 0.855. The molecule has 0 aliphatic carbocycles. The third kappa shape index (κ3) is 2.95. The van der Waals surface area contributed by atoms with Gasteiger partial charge in [0.15, 0.2) is 9.84 Å². The van der Waals surface area contributed by atoms with E-state index in [1.165, 1.54) is 0 Å². The van der Waals surface area contributed by atoms with Gasteiger partial charge in [0.25, 0.3) is 0 Å². The van der Waals surface area contributed by atoms with E-state index in [9.17, 15) is 13.2 Å². The van der Waals surface area contributed by atoms with Gasteiger partial charge < -0.3 is 5.32 Å². The third-order valence-electron chi connectivity index (χ3n) is 2.81. The van der Waals surface area contributed by atoms with Crippen molar-refractivity contribution in [3.63, 3.8) is 0 Å². The van der Waals surface area contributed by atoms with E-state index in [0.717, 1.165) is 0 Å². The lowest BCUT2D eigenvalue weighted by molar-refractivity contribution is -0.125. The lowest BCUT2D eigenvalue weighted by atomic mass is 9.99. The van der Waals surface area contributed by atoms with Gasteiger partial charge in [0.2, 0.25) is 5.91 Å². The zero-order valence-corrected chi connectivity index (χ0v) is 10.3. The minimum atomic E-state index is -3.04. The van der Waals surface area contributed by atoms with Gasteiger partial charge in [0.1, 0.15) is 5.92 Å². The fourth-order valence-corrected chi connectivity index (χ4v) is 3.92. The maximum Gasteiger partial charge on any atom is 0.237 e. The Hall–Kier alpha value is -1.09. The SMILES string of the molecule is CCC(C#N)C(=O)NC1(C)CCS(=O)(=O)C1. The quantitative estimate of drug-likeness (QED) is 0.769. The van der Waals surface area contributed by atoms with Crippen LogP contribution in [-0.4, -0.2) is 31.4 Å². The van der Waals surface area contributed by atoms with E-state index in [1.807, 2.05) is 6.07 Å². The Balaban J connectivity index is 2.69. The molecule has 5 nitrogen and oxygen atoms in total. The molecule has 0 aromatic carbocycles. The van der Waals surface area contributed by atoms with E-state index in [4.69, 9.17) is 5.26 Å². The Morgan fingerprint density at radius 2 is 2.25 bits per heavy atom. The number of carbonyl (C=O) groups excluding carboxylic acids is 1. The van der Waals surface area contributed by atoms with Crippen LogP contribution < -0.4 is 5.32 Å². The zero-order chi connectivity index (χ0) is 12.4. The van der Waals surface area contributed by atoms with Crippen molar-refractivity contribution in [1.29, 1.82) is 5.26 Å². The first-order valence-corrected chi connectivity index (χ1v) is 7.06. The monoisotopic (exact) mass is 244 g/mol. The number of amides is 1. The average molecular weight is 244 g/mol. The zero-order valence-electron chi connectivity index (χ0n) is 9.49. The molecule has 2 unspecified atom stereocenters. The van der Waals surface area contributed by atoms with Gasteiger partial charge in [0.05, 0.1) is 23.1 Å². The Labute approximate surface area is 95.7 Å². The second kappa shape index (κ2) is 4.42. The second-order valence-electron chi connectivity index (χ2n) is 4.48. The number of nitrogens with zero attached hydrogens (tertiary/aromatic N) is 1. The number of rotatable bonds is 3. The highest BCUT2D eigenvalue weighted by Gasteiger charge is 2.40. The highest BCUT2D eigenvalue weighted by Crippen LogP contribution is 2.23. The number of sulfone groups is 1. The van der Waals surface area contributed by atoms with Crippen LogP contribution in [0.2, 0.25) is 0 Å². The maximum atomic E-state index is 11.6. The van der Waals surface area contributed by atoms with Crippen LogP contribution in [0.1, 0.15) is 26.7 Å². The third-order valence-corrected chi connectivity index (χ3v) is 4.71. The lowest BCUT2D eigenvalue weighted by Crippen LogP contribution is -2.48. The van der Waals surface area contributed by atoms with Crippen molar-refractivity contribution >= 4 is 15.7 Å². The van der Waals surface area contributed by atoms with E-state index in [0.29, 0.717) is 12.8 Å². The molecule has 0 bridgehead atoms. The molecular weight excluding hydrogens is 228 g/mol. The molecule has 0 radical (unpaired) electrons. The Morgan fingerprint density at radius 3 is 2.62 bits per heavy atom. The summed E-state index contributed by atoms with van der Waals surface area (Å²) in [6.45, 7) is 3.46. The first-order chi connectivity index (χ1) is 7.32. The van der Waals surface area contributed by atoms with Crippen molar-refractivity contribution in [2.45, 2.75) is 32.2 Å². The average Bonchev–Trinajstić information content (AvgIpc) is 2.42. The molecule has 1 amide bonds. The van der Waals surface area contributed by atoms with E-state index < -0.39 is 21.3 Å². The van der Waals surface area contributed by atoms with Gasteiger partial charge in [-0.1, -0.05) is 6.92 Å². The molecule has 1 aliphatic rings. The van der Waals surface area contributed by atoms with Crippen LogP contribution in [0.4, 0.5) is 0 Å². The Bertz CT molecular complexity index is 424. The van der Waals surface area contributed by atoms with Gasteiger partial charge in [0, 0.05) is 0 Å². The second-order valence-corrected chi connectivity index (χ2v) is 6.67. The summed E-state index contributed by atoms with van der Waals surface area (Å²) in [5, 5.41) is 11.4. The minimum Gasteiger partial charge on any atom is -0.349 e. The number of nitrogens with one attached hydrogen (secondary N) is 1. The first-order valence-electron chi connectivity index (χ1n) is 5.24. The van der Waals surface area contributed by atoms with Gasteiger partial charge in [-0.15, -0.1) is 0 Å². The fourth-order valence-electron chi connectivity index (χ4n) is 1.83. The number of nitriles is 1. The van der Waals surface area contributed by atoms with Crippen LogP contribution in [0, 0.1) is 17.2 Å². The molecule has 1 aliphatic heterocycles. The molecule has 1 heterocycles. The highest BCUT2D eigenvalue weighted by atomic mass is 32.2. The van der Waals surface area contributed by atoms with Crippen LogP contribution in [0.15, 0.2) is 0 Å². The Kier molecular flexibility index (Phi) is 3.58. The molecule has 16 heavy (non-hydrogen) atoms. The largest absolute Gasteiger partial charge is 0.349 e. The molecule has 6 heteroatoms. The van der Waals surface area contributed by atoms with Crippen molar-refractivity contribution in [2.24, 2.45) is 5.92 Å². The van der Waals surface area contributed by atoms with Gasteiger partial charge in [-0.2, -0.15) is 5.26 Å². The maximum absolute atomic E-state index is 11.6. The van der Waals surface area contributed by atoms with Crippen molar-refractivity contribution in [3.8, 4) is 6.07 Å². The Morgan fingerprint density at radius 1 is 1.62 bits per heavy atom. The van der Waals surface area contributed by atoms with Crippen LogP contribution in [0.5, 0.6) is 0 Å². The summed E-state index contributed by atoms with van der Waals surface area (Å²) in [5.41, 5.74) is -0.708. The molecule has 0 saturated carbocycles. The van der Waals surface area contributed by atoms with Crippen molar-refractivity contribution < 1.29 is 13.2 Å². The van der Waals surface area contributed by atoms with Crippen molar-refractivity contribution in [1.82, 2.24) is 5.32 Å². The standard InChI is InChI=1S/C10H16N2O3S/c1-3-8(6-11)9(13)12-10(2)4-5-16(14,15)7-10/h8H,3-5,7H2,1-2H3,(H,12,13). The molecule has 1 N–H and O–H groups in total. The molecule has 0 aromatic rings. The van der Waals surface area contributed by atoms with E-state index in [1.54, 1.807) is 13.8 Å². The smallest absolute Gasteiger partial charge is 0.237 e. The molecule has 2 atom stereocenters. The van der Waals surface area contributed by atoms with E-state index >= 15 is 0 Å². The van der Waals surface area contributed by atoms with Crippen LogP contribution in [0.25, 0.3) is 0 Å². The van der Waals surface area contributed by atoms with Crippen molar-refractivity contribution in [2.75, 3.05) is 11.5 Å². The molecule has 0 spiro atoms. The summed E-state index contributed by atoms with van der Waals surface area (Å²) in [7, 11) is -3.04. The molecular formula is C10H16N2O3S. The van der Waals surface area contributed by atoms with E-state index in [2.05, 4.69) is 5.32 Å². The van der Waals surface area contributed by atoms with Crippen LogP contribution in [0.3, 0.4) is 0 Å². The summed E-state index contributed by atoms with van der Waals surface area (Å²) < 4.78 is 22.6. The lowest BCUT2D eigenvalue weighted by Gasteiger charge is -2.24. The number of carbonyl (C=O) groups is 1. The predicted octanol–water partition coefficient (Wildman–Crippen LogP) is 0.230. The van der Waals surface area contributed by atoms with Gasteiger partial charge >= 0.3 is 0 Å².